The highest BCUT2D eigenvalue weighted by Gasteiger charge is 2.08. The van der Waals surface area contributed by atoms with Crippen LogP contribution in [0.25, 0.3) is 0 Å². The molecule has 0 atom stereocenters. The summed E-state index contributed by atoms with van der Waals surface area (Å²) < 4.78 is 0.930. The number of hydrazone groups is 1. The van der Waals surface area contributed by atoms with Crippen LogP contribution in [0.1, 0.15) is 5.56 Å². The van der Waals surface area contributed by atoms with Crippen LogP contribution in [0.5, 0.6) is 5.75 Å². The lowest BCUT2D eigenvalue weighted by atomic mass is 10.2. The van der Waals surface area contributed by atoms with Crippen molar-refractivity contribution in [3.63, 3.8) is 0 Å². The molecule has 0 fully saturated rings. The van der Waals surface area contributed by atoms with Gasteiger partial charge in [-0.25, -0.2) is 5.43 Å². The van der Waals surface area contributed by atoms with Crippen LogP contribution in [0.15, 0.2) is 52.0 Å². The van der Waals surface area contributed by atoms with Gasteiger partial charge < -0.3 is 10.4 Å². The number of nitrogens with one attached hydrogen (secondary N) is 2. The van der Waals surface area contributed by atoms with Crippen LogP contribution in [0.2, 0.25) is 0 Å². The van der Waals surface area contributed by atoms with Crippen molar-refractivity contribution in [3.8, 4) is 5.75 Å². The summed E-state index contributed by atoms with van der Waals surface area (Å²) >= 11 is 3.31. The fourth-order valence-electron chi connectivity index (χ4n) is 1.72. The van der Waals surface area contributed by atoms with Crippen LogP contribution in [0, 0.1) is 10.1 Å². The third-order valence-corrected chi connectivity index (χ3v) is 3.44. The van der Waals surface area contributed by atoms with E-state index in [9.17, 15) is 20.0 Å². The van der Waals surface area contributed by atoms with E-state index in [0.29, 0.717) is 0 Å². The van der Waals surface area contributed by atoms with E-state index in [1.807, 2.05) is 24.3 Å². The molecule has 1 amide bonds. The van der Waals surface area contributed by atoms with E-state index in [-0.39, 0.29) is 23.5 Å². The van der Waals surface area contributed by atoms with Gasteiger partial charge in [-0.2, -0.15) is 5.10 Å². The van der Waals surface area contributed by atoms with E-state index in [0.717, 1.165) is 22.4 Å². The Balaban J connectivity index is 1.89. The molecule has 0 spiro atoms. The largest absolute Gasteiger partial charge is 0.507 e. The fraction of sp³-hybridized carbons (Fsp3) is 0.0667. The molecule has 0 heterocycles. The van der Waals surface area contributed by atoms with Gasteiger partial charge in [-0.05, 0) is 30.3 Å². The van der Waals surface area contributed by atoms with Crippen LogP contribution in [0.3, 0.4) is 0 Å². The van der Waals surface area contributed by atoms with Gasteiger partial charge in [-0.1, -0.05) is 15.9 Å². The Morgan fingerprint density at radius 3 is 2.67 bits per heavy atom. The molecule has 24 heavy (non-hydrogen) atoms. The van der Waals surface area contributed by atoms with Gasteiger partial charge in [0.1, 0.15) is 5.75 Å². The Morgan fingerprint density at radius 2 is 2.00 bits per heavy atom. The predicted octanol–water partition coefficient (Wildman–Crippen LogP) is 2.63. The number of hydrogen-bond donors (Lipinski definition) is 3. The maximum atomic E-state index is 11.7. The average molecular weight is 393 g/mol. The number of carbonyl (C=O) groups excluding carboxylic acids is 1. The molecule has 2 aromatic carbocycles. The Morgan fingerprint density at radius 1 is 1.29 bits per heavy atom. The minimum Gasteiger partial charge on any atom is -0.507 e. The van der Waals surface area contributed by atoms with E-state index < -0.39 is 10.8 Å². The molecule has 0 saturated heterocycles. The number of carbonyl (C=O) groups is 1. The summed E-state index contributed by atoms with van der Waals surface area (Å²) in [4.78, 5) is 21.8. The molecule has 0 aromatic heterocycles. The molecule has 0 aliphatic rings. The summed E-state index contributed by atoms with van der Waals surface area (Å²) in [5.41, 5.74) is 2.99. The summed E-state index contributed by atoms with van der Waals surface area (Å²) in [5.74, 6) is -0.578. The maximum absolute atomic E-state index is 11.7. The van der Waals surface area contributed by atoms with Gasteiger partial charge in [0.05, 0.1) is 17.7 Å². The number of rotatable bonds is 6. The summed E-state index contributed by atoms with van der Waals surface area (Å²) in [5, 5.41) is 26.9. The van der Waals surface area contributed by atoms with Gasteiger partial charge in [0, 0.05) is 27.9 Å². The van der Waals surface area contributed by atoms with Crippen LogP contribution in [0.4, 0.5) is 11.4 Å². The monoisotopic (exact) mass is 392 g/mol. The molecule has 2 aromatic rings. The molecule has 2 rings (SSSR count). The van der Waals surface area contributed by atoms with E-state index >= 15 is 0 Å². The normalized spacial score (nSPS) is 10.5. The number of amides is 1. The summed E-state index contributed by atoms with van der Waals surface area (Å²) in [6.45, 7) is -0.000107. The molecular formula is C15H13BrN4O4. The number of nitro benzene ring substituents is 1. The number of benzene rings is 2. The molecule has 9 heteroatoms. The van der Waals surface area contributed by atoms with Crippen LogP contribution in [-0.4, -0.2) is 28.7 Å². The Kier molecular flexibility index (Phi) is 5.85. The first-order valence-corrected chi connectivity index (χ1v) is 7.54. The smallest absolute Gasteiger partial charge is 0.270 e. The highest BCUT2D eigenvalue weighted by molar-refractivity contribution is 9.10. The summed E-state index contributed by atoms with van der Waals surface area (Å²) in [7, 11) is 0. The zero-order chi connectivity index (χ0) is 17.5. The summed E-state index contributed by atoms with van der Waals surface area (Å²) in [6, 6.07) is 10.8. The second-order valence-corrected chi connectivity index (χ2v) is 5.57. The zero-order valence-corrected chi connectivity index (χ0v) is 13.9. The highest BCUT2D eigenvalue weighted by Crippen LogP contribution is 2.21. The van der Waals surface area contributed by atoms with E-state index in [2.05, 4.69) is 31.8 Å². The maximum Gasteiger partial charge on any atom is 0.270 e. The van der Waals surface area contributed by atoms with Crippen molar-refractivity contribution < 1.29 is 14.8 Å². The predicted molar refractivity (Wildman–Crippen MR) is 93.1 cm³/mol. The van der Waals surface area contributed by atoms with Crippen molar-refractivity contribution >= 4 is 39.4 Å². The molecule has 3 N–H and O–H groups in total. The minimum absolute atomic E-state index is 0.000107. The van der Waals surface area contributed by atoms with E-state index in [1.54, 1.807) is 0 Å². The SMILES string of the molecule is O=C(CNc1ccc(Br)cc1)NN=Cc1cc([N+](=O)[O-])ccc1O. The number of phenolic OH excluding ortho intramolecular Hbond substituents is 1. The number of anilines is 1. The van der Waals surface area contributed by atoms with Crippen molar-refractivity contribution in [2.24, 2.45) is 5.10 Å². The van der Waals surface area contributed by atoms with Crippen molar-refractivity contribution in [1.29, 1.82) is 0 Å². The third kappa shape index (κ3) is 5.06. The number of aromatic hydroxyl groups is 1. The third-order valence-electron chi connectivity index (χ3n) is 2.91. The first-order chi connectivity index (χ1) is 11.5. The van der Waals surface area contributed by atoms with Crippen LogP contribution < -0.4 is 10.7 Å². The number of nitro groups is 1. The van der Waals surface area contributed by atoms with Gasteiger partial charge in [0.25, 0.3) is 11.6 Å². The average Bonchev–Trinajstić information content (AvgIpc) is 2.56. The molecule has 124 valence electrons. The molecule has 8 nitrogen and oxygen atoms in total. The summed E-state index contributed by atoms with van der Waals surface area (Å²) in [6.07, 6.45) is 1.14. The van der Waals surface area contributed by atoms with Gasteiger partial charge in [-0.3, -0.25) is 14.9 Å². The van der Waals surface area contributed by atoms with Gasteiger partial charge in [-0.15, -0.1) is 0 Å². The van der Waals surface area contributed by atoms with Crippen LogP contribution >= 0.6 is 15.9 Å². The first-order valence-electron chi connectivity index (χ1n) is 6.74. The minimum atomic E-state index is -0.586. The van der Waals surface area contributed by atoms with E-state index in [4.69, 9.17) is 0 Å². The van der Waals surface area contributed by atoms with Crippen molar-refractivity contribution in [3.05, 3.63) is 62.6 Å². The fourth-order valence-corrected chi connectivity index (χ4v) is 1.99. The molecule has 0 saturated carbocycles. The van der Waals surface area contributed by atoms with Gasteiger partial charge in [0.2, 0.25) is 0 Å². The van der Waals surface area contributed by atoms with Crippen molar-refractivity contribution in [1.82, 2.24) is 5.43 Å². The Bertz CT molecular complexity index is 778. The van der Waals surface area contributed by atoms with Crippen LogP contribution in [-0.2, 0) is 4.79 Å². The quantitative estimate of drug-likeness (QED) is 0.396. The number of non-ortho nitro benzene ring substituents is 1. The number of phenols is 1. The lowest BCUT2D eigenvalue weighted by Crippen LogP contribution is -2.25. The lowest BCUT2D eigenvalue weighted by molar-refractivity contribution is -0.384. The van der Waals surface area contributed by atoms with Gasteiger partial charge in [0.15, 0.2) is 0 Å². The standard InChI is InChI=1S/C15H13BrN4O4/c16-11-1-3-12(4-2-11)17-9-15(22)19-18-8-10-7-13(20(23)24)5-6-14(10)21/h1-8,17,21H,9H2,(H,19,22). The first kappa shape index (κ1) is 17.4. The molecule has 0 aliphatic carbocycles. The number of nitrogens with zero attached hydrogens (tertiary/aromatic N) is 2. The zero-order valence-electron chi connectivity index (χ0n) is 12.3. The topological polar surface area (TPSA) is 117 Å². The van der Waals surface area contributed by atoms with Gasteiger partial charge >= 0.3 is 0 Å². The molecule has 0 unspecified atom stereocenters. The molecule has 0 aliphatic heterocycles. The Labute approximate surface area is 145 Å². The Hall–Kier alpha value is -2.94. The number of hydrogen-bond acceptors (Lipinski definition) is 6. The second kappa shape index (κ2) is 8.06. The molecule has 0 bridgehead atoms. The lowest BCUT2D eigenvalue weighted by Gasteiger charge is -2.05. The molecule has 0 radical (unpaired) electrons. The second-order valence-electron chi connectivity index (χ2n) is 4.65. The highest BCUT2D eigenvalue weighted by atomic mass is 79.9. The van der Waals surface area contributed by atoms with E-state index in [1.165, 1.54) is 12.1 Å². The molecular weight excluding hydrogens is 380 g/mol. The van der Waals surface area contributed by atoms with Crippen molar-refractivity contribution in [2.45, 2.75) is 0 Å². The van der Waals surface area contributed by atoms with Crippen molar-refractivity contribution in [2.75, 3.05) is 11.9 Å². The number of halogens is 1.